The molecule has 2 fully saturated rings. The molecule has 3 rings (SSSR count). The Morgan fingerprint density at radius 2 is 1.96 bits per heavy atom. The molecule has 4 nitrogen and oxygen atoms in total. The summed E-state index contributed by atoms with van der Waals surface area (Å²) in [5, 5.41) is 0.574. The molecular formula is C22H33ClN2O2. The van der Waals surface area contributed by atoms with Gasteiger partial charge in [0.05, 0.1) is 11.7 Å². The zero-order valence-corrected chi connectivity index (χ0v) is 17.7. The molecule has 150 valence electrons. The Labute approximate surface area is 168 Å². The summed E-state index contributed by atoms with van der Waals surface area (Å²) in [5.41, 5.74) is 0.587. The lowest BCUT2D eigenvalue weighted by atomic mass is 9.94. The van der Waals surface area contributed by atoms with Crippen molar-refractivity contribution in [3.05, 3.63) is 28.8 Å². The number of amides is 1. The topological polar surface area (TPSA) is 32.8 Å². The van der Waals surface area contributed by atoms with Crippen LogP contribution in [0.25, 0.3) is 0 Å². The summed E-state index contributed by atoms with van der Waals surface area (Å²) in [6, 6.07) is 5.34. The molecule has 0 spiro atoms. The van der Waals surface area contributed by atoms with Crippen molar-refractivity contribution >= 4 is 17.5 Å². The van der Waals surface area contributed by atoms with E-state index in [0.29, 0.717) is 22.3 Å². The first kappa shape index (κ1) is 20.5. The second kappa shape index (κ2) is 9.29. The lowest BCUT2D eigenvalue weighted by Crippen LogP contribution is -2.45. The van der Waals surface area contributed by atoms with Crippen LogP contribution >= 0.6 is 11.6 Å². The van der Waals surface area contributed by atoms with Crippen LogP contribution in [0.15, 0.2) is 18.2 Å². The lowest BCUT2D eigenvalue weighted by Gasteiger charge is -2.38. The van der Waals surface area contributed by atoms with Crippen LogP contribution in [0.5, 0.6) is 5.75 Å². The quantitative estimate of drug-likeness (QED) is 0.727. The van der Waals surface area contributed by atoms with Gasteiger partial charge in [-0.05, 0) is 82.7 Å². The predicted octanol–water partition coefficient (Wildman–Crippen LogP) is 4.71. The van der Waals surface area contributed by atoms with Crippen LogP contribution in [0.1, 0.15) is 56.8 Å². The number of rotatable bonds is 5. The minimum atomic E-state index is 0.0216. The van der Waals surface area contributed by atoms with E-state index < -0.39 is 0 Å². The lowest BCUT2D eigenvalue weighted by molar-refractivity contribution is 0.0616. The molecule has 0 bridgehead atoms. The van der Waals surface area contributed by atoms with Gasteiger partial charge in [-0.25, -0.2) is 0 Å². The molecule has 1 atom stereocenters. The number of hydrogen-bond donors (Lipinski definition) is 0. The van der Waals surface area contributed by atoms with Crippen molar-refractivity contribution in [3.8, 4) is 5.75 Å². The van der Waals surface area contributed by atoms with Gasteiger partial charge in [0.15, 0.2) is 0 Å². The highest BCUT2D eigenvalue weighted by molar-refractivity contribution is 6.31. The van der Waals surface area contributed by atoms with Gasteiger partial charge >= 0.3 is 0 Å². The van der Waals surface area contributed by atoms with Gasteiger partial charge in [0.1, 0.15) is 5.75 Å². The number of hydrogen-bond acceptors (Lipinski definition) is 3. The Bertz CT molecular complexity index is 641. The highest BCUT2D eigenvalue weighted by Crippen LogP contribution is 2.28. The van der Waals surface area contributed by atoms with Crippen molar-refractivity contribution in [3.63, 3.8) is 0 Å². The average Bonchev–Trinajstić information content (AvgIpc) is 2.64. The third kappa shape index (κ3) is 5.61. The highest BCUT2D eigenvalue weighted by Gasteiger charge is 2.28. The van der Waals surface area contributed by atoms with E-state index in [-0.39, 0.29) is 12.0 Å². The Balaban J connectivity index is 1.65. The third-order valence-corrected chi connectivity index (χ3v) is 5.97. The number of nitrogens with zero attached hydrogens (tertiary/aromatic N) is 2. The van der Waals surface area contributed by atoms with E-state index in [2.05, 4.69) is 11.8 Å². The van der Waals surface area contributed by atoms with Gasteiger partial charge in [0.2, 0.25) is 0 Å². The number of ether oxygens (including phenoxy) is 1. The van der Waals surface area contributed by atoms with Crippen LogP contribution in [0, 0.1) is 11.8 Å². The molecule has 5 heteroatoms. The SMILES string of the molecule is CC1CCN(CC2CCCN(C(=O)c3cc(Cl)ccc3OC(C)C)C2)CC1. The first-order chi connectivity index (χ1) is 12.9. The molecule has 0 radical (unpaired) electrons. The molecule has 27 heavy (non-hydrogen) atoms. The summed E-state index contributed by atoms with van der Waals surface area (Å²) >= 11 is 6.17. The van der Waals surface area contributed by atoms with Gasteiger partial charge in [-0.1, -0.05) is 18.5 Å². The molecule has 1 amide bonds. The number of likely N-dealkylation sites (tertiary alicyclic amines) is 2. The minimum Gasteiger partial charge on any atom is -0.490 e. The van der Waals surface area contributed by atoms with Gasteiger partial charge in [-0.3, -0.25) is 4.79 Å². The zero-order chi connectivity index (χ0) is 19.4. The third-order valence-electron chi connectivity index (χ3n) is 5.73. The summed E-state index contributed by atoms with van der Waals surface area (Å²) in [6.07, 6.45) is 4.90. The fourth-order valence-electron chi connectivity index (χ4n) is 4.20. The second-order valence-electron chi connectivity index (χ2n) is 8.55. The van der Waals surface area contributed by atoms with Crippen molar-refractivity contribution in [2.75, 3.05) is 32.7 Å². The van der Waals surface area contributed by atoms with Gasteiger partial charge in [0.25, 0.3) is 5.91 Å². The average molecular weight is 393 g/mol. The number of halogens is 1. The van der Waals surface area contributed by atoms with Gasteiger partial charge in [0, 0.05) is 24.7 Å². The fraction of sp³-hybridized carbons (Fsp3) is 0.682. The van der Waals surface area contributed by atoms with Gasteiger partial charge in [-0.2, -0.15) is 0 Å². The maximum absolute atomic E-state index is 13.2. The van der Waals surface area contributed by atoms with E-state index in [9.17, 15) is 4.79 Å². The molecule has 1 unspecified atom stereocenters. The molecule has 0 N–H and O–H groups in total. The summed E-state index contributed by atoms with van der Waals surface area (Å²) in [4.78, 5) is 17.8. The smallest absolute Gasteiger partial charge is 0.257 e. The number of carbonyl (C=O) groups is 1. The summed E-state index contributed by atoms with van der Waals surface area (Å²) in [5.74, 6) is 2.09. The van der Waals surface area contributed by atoms with Crippen LogP contribution in [-0.2, 0) is 0 Å². The maximum Gasteiger partial charge on any atom is 0.257 e. The van der Waals surface area contributed by atoms with Crippen molar-refractivity contribution in [2.24, 2.45) is 11.8 Å². The van der Waals surface area contributed by atoms with Crippen LogP contribution in [-0.4, -0.2) is 54.5 Å². The summed E-state index contributed by atoms with van der Waals surface area (Å²) < 4.78 is 5.86. The normalized spacial score (nSPS) is 22.3. The zero-order valence-electron chi connectivity index (χ0n) is 16.9. The fourth-order valence-corrected chi connectivity index (χ4v) is 4.38. The molecule has 2 saturated heterocycles. The van der Waals surface area contributed by atoms with Crippen LogP contribution < -0.4 is 4.74 Å². The Hall–Kier alpha value is -1.26. The number of carbonyl (C=O) groups excluding carboxylic acids is 1. The standard InChI is InChI=1S/C22H33ClN2O2/c1-16(2)27-21-7-6-19(23)13-20(21)22(26)25-10-4-5-18(15-25)14-24-11-8-17(3)9-12-24/h6-7,13,16-18H,4-5,8-12,14-15H2,1-3H3. The molecule has 0 saturated carbocycles. The van der Waals surface area contributed by atoms with Crippen LogP contribution in [0.2, 0.25) is 5.02 Å². The van der Waals surface area contributed by atoms with Crippen LogP contribution in [0.3, 0.4) is 0 Å². The Morgan fingerprint density at radius 1 is 1.22 bits per heavy atom. The van der Waals surface area contributed by atoms with Gasteiger partial charge < -0.3 is 14.5 Å². The maximum atomic E-state index is 13.2. The molecule has 0 aliphatic carbocycles. The molecule has 1 aromatic carbocycles. The molecule has 1 aromatic rings. The molecule has 0 aromatic heterocycles. The van der Waals surface area contributed by atoms with E-state index in [1.165, 1.54) is 32.4 Å². The van der Waals surface area contributed by atoms with E-state index in [1.54, 1.807) is 12.1 Å². The summed E-state index contributed by atoms with van der Waals surface area (Å²) in [6.45, 7) is 11.5. The molecular weight excluding hydrogens is 360 g/mol. The number of benzene rings is 1. The van der Waals surface area contributed by atoms with Crippen molar-refractivity contribution < 1.29 is 9.53 Å². The largest absolute Gasteiger partial charge is 0.490 e. The van der Waals surface area contributed by atoms with E-state index in [1.807, 2.05) is 24.8 Å². The predicted molar refractivity (Wildman–Crippen MR) is 111 cm³/mol. The molecule has 2 aliphatic heterocycles. The minimum absolute atomic E-state index is 0.0216. The summed E-state index contributed by atoms with van der Waals surface area (Å²) in [7, 11) is 0. The first-order valence-corrected chi connectivity index (χ1v) is 10.8. The van der Waals surface area contributed by atoms with Crippen molar-refractivity contribution in [1.29, 1.82) is 0 Å². The molecule has 2 heterocycles. The second-order valence-corrected chi connectivity index (χ2v) is 8.99. The van der Waals surface area contributed by atoms with E-state index in [0.717, 1.165) is 32.0 Å². The van der Waals surface area contributed by atoms with E-state index in [4.69, 9.17) is 16.3 Å². The van der Waals surface area contributed by atoms with E-state index >= 15 is 0 Å². The number of piperidine rings is 2. The molecule has 2 aliphatic rings. The van der Waals surface area contributed by atoms with Gasteiger partial charge in [-0.15, -0.1) is 0 Å². The van der Waals surface area contributed by atoms with Crippen molar-refractivity contribution in [2.45, 2.75) is 52.6 Å². The Morgan fingerprint density at radius 3 is 2.67 bits per heavy atom. The Kier molecular flexibility index (Phi) is 7.04. The first-order valence-electron chi connectivity index (χ1n) is 10.4. The van der Waals surface area contributed by atoms with Crippen LogP contribution in [0.4, 0.5) is 0 Å². The monoisotopic (exact) mass is 392 g/mol. The highest BCUT2D eigenvalue weighted by atomic mass is 35.5. The van der Waals surface area contributed by atoms with Crippen molar-refractivity contribution in [1.82, 2.24) is 9.80 Å².